The van der Waals surface area contributed by atoms with E-state index in [1.165, 1.54) is 12.1 Å². The average molecular weight is 308 g/mol. The first-order valence-corrected chi connectivity index (χ1v) is 7.85. The first kappa shape index (κ1) is 15.9. The maximum atomic E-state index is 12.9. The zero-order chi connectivity index (χ0) is 14.6. The van der Waals surface area contributed by atoms with Gasteiger partial charge in [-0.3, -0.25) is 4.79 Å². The summed E-state index contributed by atoms with van der Waals surface area (Å²) in [5.74, 6) is -1.96. The fourth-order valence-electron chi connectivity index (χ4n) is 1.54. The molecule has 0 saturated carbocycles. The van der Waals surface area contributed by atoms with Gasteiger partial charge in [0.15, 0.2) is 9.84 Å². The minimum Gasteiger partial charge on any atom is -0.325 e. The Morgan fingerprint density at radius 3 is 2.58 bits per heavy atom. The third kappa shape index (κ3) is 5.57. The van der Waals surface area contributed by atoms with Gasteiger partial charge in [-0.25, -0.2) is 12.8 Å². The van der Waals surface area contributed by atoms with E-state index in [0.717, 1.165) is 6.07 Å². The summed E-state index contributed by atoms with van der Waals surface area (Å²) in [4.78, 5) is 11.6. The molecule has 0 aliphatic heterocycles. The normalized spacial score (nSPS) is 11.6. The number of benzene rings is 1. The highest BCUT2D eigenvalue weighted by Crippen LogP contribution is 2.19. The molecule has 1 amide bonds. The molecule has 0 heterocycles. The summed E-state index contributed by atoms with van der Waals surface area (Å²) < 4.78 is 36.1. The lowest BCUT2D eigenvalue weighted by molar-refractivity contribution is -0.113. The largest absolute Gasteiger partial charge is 0.325 e. The number of hydrogen-bond acceptors (Lipinski definition) is 3. The highest BCUT2D eigenvalue weighted by molar-refractivity contribution is 7.92. The Kier molecular flexibility index (Phi) is 5.31. The van der Waals surface area contributed by atoms with E-state index < -0.39 is 27.3 Å². The molecule has 1 N–H and O–H groups in total. The van der Waals surface area contributed by atoms with Crippen LogP contribution in [0, 0.1) is 11.7 Å². The van der Waals surface area contributed by atoms with Gasteiger partial charge >= 0.3 is 0 Å². The zero-order valence-electron chi connectivity index (χ0n) is 10.6. The van der Waals surface area contributed by atoms with E-state index in [-0.39, 0.29) is 22.4 Å². The van der Waals surface area contributed by atoms with Crippen LogP contribution in [-0.4, -0.2) is 25.8 Å². The second kappa shape index (κ2) is 6.34. The fourth-order valence-corrected chi connectivity index (χ4v) is 3.32. The van der Waals surface area contributed by atoms with Crippen LogP contribution in [0.25, 0.3) is 0 Å². The second-order valence-electron chi connectivity index (χ2n) is 4.63. The van der Waals surface area contributed by atoms with E-state index in [1.54, 1.807) is 13.8 Å². The third-order valence-electron chi connectivity index (χ3n) is 2.14. The first-order chi connectivity index (χ1) is 8.69. The molecule has 1 rings (SSSR count). The smallest absolute Gasteiger partial charge is 0.239 e. The summed E-state index contributed by atoms with van der Waals surface area (Å²) in [6.45, 7) is 3.52. The molecule has 1 aromatic rings. The Hall–Kier alpha value is -1.14. The molecule has 106 valence electrons. The van der Waals surface area contributed by atoms with Crippen LogP contribution in [0.5, 0.6) is 0 Å². The molecule has 0 bridgehead atoms. The van der Waals surface area contributed by atoms with Crippen LogP contribution in [0.15, 0.2) is 18.2 Å². The minimum atomic E-state index is -3.44. The van der Waals surface area contributed by atoms with Crippen molar-refractivity contribution in [1.82, 2.24) is 0 Å². The number of nitrogens with one attached hydrogen (secondary N) is 1. The number of rotatable bonds is 5. The van der Waals surface area contributed by atoms with E-state index in [2.05, 4.69) is 5.32 Å². The summed E-state index contributed by atoms with van der Waals surface area (Å²) in [6, 6.07) is 3.64. The van der Waals surface area contributed by atoms with E-state index in [0.29, 0.717) is 0 Å². The van der Waals surface area contributed by atoms with Crippen LogP contribution in [0.1, 0.15) is 13.8 Å². The van der Waals surface area contributed by atoms with Crippen molar-refractivity contribution in [3.05, 3.63) is 29.0 Å². The Labute approximate surface area is 116 Å². The predicted molar refractivity (Wildman–Crippen MR) is 73.5 cm³/mol. The molecular formula is C12H15ClFNO3S. The highest BCUT2D eigenvalue weighted by Gasteiger charge is 2.18. The molecule has 0 unspecified atom stereocenters. The lowest BCUT2D eigenvalue weighted by atomic mass is 10.3. The zero-order valence-corrected chi connectivity index (χ0v) is 12.2. The summed E-state index contributed by atoms with van der Waals surface area (Å²) >= 11 is 5.55. The van der Waals surface area contributed by atoms with Crippen molar-refractivity contribution >= 4 is 33.0 Å². The van der Waals surface area contributed by atoms with Crippen LogP contribution >= 0.6 is 11.6 Å². The predicted octanol–water partition coefficient (Wildman–Crippen LogP) is 2.49. The van der Waals surface area contributed by atoms with Gasteiger partial charge in [0.2, 0.25) is 5.91 Å². The van der Waals surface area contributed by atoms with Gasteiger partial charge in [-0.1, -0.05) is 25.4 Å². The Morgan fingerprint density at radius 2 is 2.05 bits per heavy atom. The SMILES string of the molecule is CC(C)CS(=O)(=O)CC(=O)Nc1ccc(F)c(Cl)c1. The number of anilines is 1. The number of carbonyl (C=O) groups is 1. The van der Waals surface area contributed by atoms with Gasteiger partial charge in [0.05, 0.1) is 10.8 Å². The Balaban J connectivity index is 2.68. The molecule has 0 aromatic heterocycles. The minimum absolute atomic E-state index is 0.0435. The van der Waals surface area contributed by atoms with Crippen LogP contribution in [0.3, 0.4) is 0 Å². The molecule has 0 radical (unpaired) electrons. The molecule has 0 saturated heterocycles. The van der Waals surface area contributed by atoms with Crippen molar-refractivity contribution < 1.29 is 17.6 Å². The lowest BCUT2D eigenvalue weighted by Gasteiger charge is -2.08. The van der Waals surface area contributed by atoms with Gasteiger partial charge in [-0.15, -0.1) is 0 Å². The quantitative estimate of drug-likeness (QED) is 0.909. The van der Waals surface area contributed by atoms with E-state index >= 15 is 0 Å². The fraction of sp³-hybridized carbons (Fsp3) is 0.417. The Morgan fingerprint density at radius 1 is 1.42 bits per heavy atom. The van der Waals surface area contributed by atoms with Crippen molar-refractivity contribution in [2.24, 2.45) is 5.92 Å². The molecular weight excluding hydrogens is 293 g/mol. The molecule has 7 heteroatoms. The van der Waals surface area contributed by atoms with Crippen LogP contribution in [-0.2, 0) is 14.6 Å². The van der Waals surface area contributed by atoms with E-state index in [9.17, 15) is 17.6 Å². The molecule has 1 aromatic carbocycles. The molecule has 0 aliphatic rings. The number of sulfone groups is 1. The number of hydrogen-bond donors (Lipinski definition) is 1. The maximum absolute atomic E-state index is 12.9. The molecule has 4 nitrogen and oxygen atoms in total. The van der Waals surface area contributed by atoms with Crippen molar-refractivity contribution in [2.45, 2.75) is 13.8 Å². The van der Waals surface area contributed by atoms with Crippen LogP contribution in [0.2, 0.25) is 5.02 Å². The third-order valence-corrected chi connectivity index (χ3v) is 4.31. The van der Waals surface area contributed by atoms with Gasteiger partial charge < -0.3 is 5.32 Å². The summed E-state index contributed by atoms with van der Waals surface area (Å²) in [6.07, 6.45) is 0. The van der Waals surface area contributed by atoms with Crippen molar-refractivity contribution in [2.75, 3.05) is 16.8 Å². The average Bonchev–Trinajstić information content (AvgIpc) is 2.20. The monoisotopic (exact) mass is 307 g/mol. The Bertz CT molecular complexity index is 572. The van der Waals surface area contributed by atoms with E-state index in [1.807, 2.05) is 0 Å². The van der Waals surface area contributed by atoms with Crippen molar-refractivity contribution in [1.29, 1.82) is 0 Å². The van der Waals surface area contributed by atoms with Gasteiger partial charge in [0.25, 0.3) is 0 Å². The lowest BCUT2D eigenvalue weighted by Crippen LogP contribution is -2.26. The summed E-state index contributed by atoms with van der Waals surface area (Å²) in [5, 5.41) is 2.23. The maximum Gasteiger partial charge on any atom is 0.239 e. The topological polar surface area (TPSA) is 63.2 Å². The van der Waals surface area contributed by atoms with Crippen molar-refractivity contribution in [3.63, 3.8) is 0 Å². The van der Waals surface area contributed by atoms with Crippen molar-refractivity contribution in [3.8, 4) is 0 Å². The number of amides is 1. The number of halogens is 2. The van der Waals surface area contributed by atoms with Crippen LogP contribution in [0.4, 0.5) is 10.1 Å². The summed E-state index contributed by atoms with van der Waals surface area (Å²) in [5.41, 5.74) is 0.260. The van der Waals surface area contributed by atoms with Crippen LogP contribution < -0.4 is 5.32 Å². The van der Waals surface area contributed by atoms with E-state index in [4.69, 9.17) is 11.6 Å². The second-order valence-corrected chi connectivity index (χ2v) is 7.14. The molecule has 0 atom stereocenters. The number of carbonyl (C=O) groups excluding carboxylic acids is 1. The van der Waals surface area contributed by atoms with Gasteiger partial charge in [0.1, 0.15) is 11.6 Å². The van der Waals surface area contributed by atoms with Gasteiger partial charge in [-0.05, 0) is 24.1 Å². The molecule has 0 aliphatic carbocycles. The molecule has 19 heavy (non-hydrogen) atoms. The summed E-state index contributed by atoms with van der Waals surface area (Å²) in [7, 11) is -3.44. The van der Waals surface area contributed by atoms with Gasteiger partial charge in [-0.2, -0.15) is 0 Å². The molecule has 0 fully saturated rings. The standard InChI is InChI=1S/C12H15ClFNO3S/c1-8(2)6-19(17,18)7-12(16)15-9-3-4-11(14)10(13)5-9/h3-5,8H,6-7H2,1-2H3,(H,15,16). The van der Waals surface area contributed by atoms with Gasteiger partial charge in [0, 0.05) is 5.69 Å². The molecule has 0 spiro atoms. The first-order valence-electron chi connectivity index (χ1n) is 5.65. The highest BCUT2D eigenvalue weighted by atomic mass is 35.5.